The zero-order valence-electron chi connectivity index (χ0n) is 15.4. The first-order valence-corrected chi connectivity index (χ1v) is 8.34. The zero-order valence-corrected chi connectivity index (χ0v) is 15.4. The van der Waals surface area contributed by atoms with Crippen LogP contribution in [-0.2, 0) is 24.9 Å². The third kappa shape index (κ3) is 3.33. The van der Waals surface area contributed by atoms with Gasteiger partial charge in [0.1, 0.15) is 17.9 Å². The Morgan fingerprint density at radius 3 is 2.58 bits per heavy atom. The summed E-state index contributed by atoms with van der Waals surface area (Å²) in [6.45, 7) is 4.11. The van der Waals surface area contributed by atoms with Gasteiger partial charge in [0, 0.05) is 25.0 Å². The lowest BCUT2D eigenvalue weighted by atomic mass is 10.1. The number of rotatable bonds is 5. The van der Waals surface area contributed by atoms with Crippen molar-refractivity contribution in [2.24, 2.45) is 7.05 Å². The molecule has 26 heavy (non-hydrogen) atoms. The van der Waals surface area contributed by atoms with Crippen molar-refractivity contribution in [2.45, 2.75) is 26.9 Å². The van der Waals surface area contributed by atoms with Crippen molar-refractivity contribution in [1.29, 1.82) is 0 Å². The van der Waals surface area contributed by atoms with Crippen LogP contribution in [0.15, 0.2) is 35.1 Å². The highest BCUT2D eigenvalue weighted by molar-refractivity contribution is 5.84. The van der Waals surface area contributed by atoms with Gasteiger partial charge in [-0.3, -0.25) is 18.8 Å². The van der Waals surface area contributed by atoms with Gasteiger partial charge in [0.05, 0.1) is 12.8 Å². The number of nitrogens with one attached hydrogen (secondary N) is 1. The van der Waals surface area contributed by atoms with Gasteiger partial charge in [-0.1, -0.05) is 12.1 Å². The number of aromatic nitrogens is 3. The second-order valence-electron chi connectivity index (χ2n) is 6.28. The van der Waals surface area contributed by atoms with E-state index < -0.39 is 0 Å². The smallest absolute Gasteiger partial charge is 0.252 e. The fourth-order valence-corrected chi connectivity index (χ4v) is 3.15. The molecule has 1 aromatic carbocycles. The molecule has 0 bridgehead atoms. The average molecular weight is 354 g/mol. The third-order valence-corrected chi connectivity index (χ3v) is 4.40. The van der Waals surface area contributed by atoms with Crippen molar-refractivity contribution < 1.29 is 9.53 Å². The number of aryl methyl sites for hydroxylation is 3. The maximum absolute atomic E-state index is 12.4. The number of carbonyl (C=O) groups excluding carboxylic acids is 1. The maximum Gasteiger partial charge on any atom is 0.252 e. The second kappa shape index (κ2) is 7.03. The Morgan fingerprint density at radius 2 is 1.92 bits per heavy atom. The van der Waals surface area contributed by atoms with Crippen LogP contribution in [0.1, 0.15) is 16.8 Å². The van der Waals surface area contributed by atoms with Crippen LogP contribution in [0.2, 0.25) is 0 Å². The van der Waals surface area contributed by atoms with Crippen LogP contribution < -0.4 is 15.6 Å². The van der Waals surface area contributed by atoms with E-state index in [2.05, 4.69) is 10.4 Å². The molecule has 1 amide bonds. The first-order valence-electron chi connectivity index (χ1n) is 8.34. The normalized spacial score (nSPS) is 10.9. The van der Waals surface area contributed by atoms with Crippen molar-refractivity contribution in [3.8, 4) is 5.75 Å². The third-order valence-electron chi connectivity index (χ3n) is 4.40. The lowest BCUT2D eigenvalue weighted by molar-refractivity contribution is -0.121. The SMILES string of the molecule is COc1ccc(CNC(=O)Cn2c(=O)cc(C)c3c(C)nn(C)c32)cc1. The molecule has 0 aliphatic heterocycles. The van der Waals surface area contributed by atoms with E-state index in [0.717, 1.165) is 28.0 Å². The summed E-state index contributed by atoms with van der Waals surface area (Å²) < 4.78 is 8.23. The molecular weight excluding hydrogens is 332 g/mol. The van der Waals surface area contributed by atoms with E-state index in [1.165, 1.54) is 4.57 Å². The second-order valence-corrected chi connectivity index (χ2v) is 6.28. The number of hydrogen-bond donors (Lipinski definition) is 1. The fraction of sp³-hybridized carbons (Fsp3) is 0.316. The molecule has 1 N–H and O–H groups in total. The van der Waals surface area contributed by atoms with E-state index >= 15 is 0 Å². The van der Waals surface area contributed by atoms with E-state index in [4.69, 9.17) is 4.74 Å². The molecule has 7 nitrogen and oxygen atoms in total. The lowest BCUT2D eigenvalue weighted by Crippen LogP contribution is -2.32. The summed E-state index contributed by atoms with van der Waals surface area (Å²) >= 11 is 0. The Labute approximate surface area is 151 Å². The summed E-state index contributed by atoms with van der Waals surface area (Å²) in [6.07, 6.45) is 0. The molecular formula is C19H22N4O3. The van der Waals surface area contributed by atoms with Crippen LogP contribution in [0, 0.1) is 13.8 Å². The van der Waals surface area contributed by atoms with E-state index in [9.17, 15) is 9.59 Å². The van der Waals surface area contributed by atoms with Gasteiger partial charge in [-0.2, -0.15) is 5.10 Å². The van der Waals surface area contributed by atoms with Crippen molar-refractivity contribution in [1.82, 2.24) is 19.7 Å². The fourth-order valence-electron chi connectivity index (χ4n) is 3.15. The van der Waals surface area contributed by atoms with E-state index in [1.54, 1.807) is 24.9 Å². The summed E-state index contributed by atoms with van der Waals surface area (Å²) in [4.78, 5) is 24.8. The number of hydrogen-bond acceptors (Lipinski definition) is 4. The van der Waals surface area contributed by atoms with Crippen LogP contribution >= 0.6 is 0 Å². The molecule has 0 saturated heterocycles. The maximum atomic E-state index is 12.4. The number of amides is 1. The number of pyridine rings is 1. The first-order chi connectivity index (χ1) is 12.4. The molecule has 0 unspecified atom stereocenters. The van der Waals surface area contributed by atoms with Gasteiger partial charge in [0.15, 0.2) is 0 Å². The number of methoxy groups -OCH3 is 1. The van der Waals surface area contributed by atoms with Gasteiger partial charge in [-0.25, -0.2) is 0 Å². The predicted octanol–water partition coefficient (Wildman–Crippen LogP) is 1.68. The molecule has 3 aromatic rings. The van der Waals surface area contributed by atoms with Crippen LogP contribution in [0.5, 0.6) is 5.75 Å². The lowest BCUT2D eigenvalue weighted by Gasteiger charge is -2.11. The van der Waals surface area contributed by atoms with Gasteiger partial charge < -0.3 is 10.1 Å². The Hall–Kier alpha value is -3.09. The average Bonchev–Trinajstić information content (AvgIpc) is 2.92. The topological polar surface area (TPSA) is 78.2 Å². The van der Waals surface area contributed by atoms with Crippen LogP contribution in [-0.4, -0.2) is 27.4 Å². The molecule has 0 spiro atoms. The molecule has 0 aliphatic carbocycles. The Balaban J connectivity index is 1.80. The van der Waals surface area contributed by atoms with Crippen LogP contribution in [0.3, 0.4) is 0 Å². The Bertz CT molecular complexity index is 1020. The van der Waals surface area contributed by atoms with E-state index in [1.807, 2.05) is 38.1 Å². The van der Waals surface area contributed by atoms with Crippen molar-refractivity contribution in [3.05, 3.63) is 57.5 Å². The van der Waals surface area contributed by atoms with Gasteiger partial charge in [0.2, 0.25) is 5.91 Å². The highest BCUT2D eigenvalue weighted by Crippen LogP contribution is 2.19. The minimum absolute atomic E-state index is 0.0509. The van der Waals surface area contributed by atoms with E-state index in [0.29, 0.717) is 12.2 Å². The number of benzene rings is 1. The zero-order chi connectivity index (χ0) is 18.8. The first kappa shape index (κ1) is 17.7. The van der Waals surface area contributed by atoms with Crippen molar-refractivity contribution in [3.63, 3.8) is 0 Å². The van der Waals surface area contributed by atoms with Crippen LogP contribution in [0.25, 0.3) is 11.0 Å². The number of carbonyl (C=O) groups is 1. The van der Waals surface area contributed by atoms with Gasteiger partial charge >= 0.3 is 0 Å². The molecule has 0 radical (unpaired) electrons. The molecule has 2 aromatic heterocycles. The number of fused-ring (bicyclic) bond motifs is 1. The summed E-state index contributed by atoms with van der Waals surface area (Å²) in [5.74, 6) is 0.534. The molecule has 0 aliphatic rings. The van der Waals surface area contributed by atoms with Crippen LogP contribution in [0.4, 0.5) is 0 Å². The summed E-state index contributed by atoms with van der Waals surface area (Å²) in [7, 11) is 3.39. The minimum Gasteiger partial charge on any atom is -0.497 e. The standard InChI is InChI=1S/C19H22N4O3/c1-12-9-17(25)23(19-18(12)13(2)21-22(19)3)11-16(24)20-10-14-5-7-15(26-4)8-6-14/h5-9H,10-11H2,1-4H3,(H,20,24). The van der Waals surface area contributed by atoms with Gasteiger partial charge in [-0.05, 0) is 37.1 Å². The van der Waals surface area contributed by atoms with Crippen molar-refractivity contribution in [2.75, 3.05) is 7.11 Å². The Kier molecular flexibility index (Phi) is 4.79. The summed E-state index contributed by atoms with van der Waals surface area (Å²) in [6, 6.07) is 9.01. The molecule has 7 heteroatoms. The molecule has 3 rings (SSSR count). The number of ether oxygens (including phenoxy) is 1. The molecule has 136 valence electrons. The van der Waals surface area contributed by atoms with Gasteiger partial charge in [-0.15, -0.1) is 0 Å². The highest BCUT2D eigenvalue weighted by Gasteiger charge is 2.16. The highest BCUT2D eigenvalue weighted by atomic mass is 16.5. The number of nitrogens with zero attached hydrogens (tertiary/aromatic N) is 3. The summed E-state index contributed by atoms with van der Waals surface area (Å²) in [5.41, 5.74) is 3.11. The minimum atomic E-state index is -0.230. The van der Waals surface area contributed by atoms with E-state index in [-0.39, 0.29) is 18.0 Å². The molecule has 0 atom stereocenters. The van der Waals surface area contributed by atoms with Crippen molar-refractivity contribution >= 4 is 16.9 Å². The predicted molar refractivity (Wildman–Crippen MR) is 99.3 cm³/mol. The molecule has 2 heterocycles. The monoisotopic (exact) mass is 354 g/mol. The largest absolute Gasteiger partial charge is 0.497 e. The molecule has 0 fully saturated rings. The Morgan fingerprint density at radius 1 is 1.23 bits per heavy atom. The molecule has 0 saturated carbocycles. The van der Waals surface area contributed by atoms with Gasteiger partial charge in [0.25, 0.3) is 5.56 Å². The quantitative estimate of drug-likeness (QED) is 0.756. The summed E-state index contributed by atoms with van der Waals surface area (Å²) in [5, 5.41) is 8.14.